The van der Waals surface area contributed by atoms with E-state index in [1.165, 1.54) is 39.0 Å². The summed E-state index contributed by atoms with van der Waals surface area (Å²) in [6.45, 7) is 13.1. The van der Waals surface area contributed by atoms with Crippen molar-refractivity contribution in [1.29, 1.82) is 0 Å². The van der Waals surface area contributed by atoms with Crippen LogP contribution in [0.2, 0.25) is 0 Å². The van der Waals surface area contributed by atoms with E-state index in [9.17, 15) is 19.2 Å². The zero-order chi connectivity index (χ0) is 26.1. The molecule has 1 rings (SSSR count). The molecule has 0 spiro atoms. The first kappa shape index (κ1) is 28.0. The second kappa shape index (κ2) is 12.2. The van der Waals surface area contributed by atoms with Gasteiger partial charge in [0.1, 0.15) is 31.8 Å². The lowest BCUT2D eigenvalue weighted by Crippen LogP contribution is -2.44. The average molecular weight is 475 g/mol. The van der Waals surface area contributed by atoms with Gasteiger partial charge in [-0.15, -0.1) is 0 Å². The molecule has 4 N–H and O–H groups in total. The molecule has 0 radical (unpaired) electrons. The number of benzene rings is 1. The molecule has 0 heterocycles. The van der Waals surface area contributed by atoms with Gasteiger partial charge in [0.2, 0.25) is 0 Å². The number of hydrogen-bond acceptors (Lipinski definition) is 10. The minimum atomic E-state index is -1.46. The summed E-state index contributed by atoms with van der Waals surface area (Å²) in [6.07, 6.45) is 0. The van der Waals surface area contributed by atoms with Crippen molar-refractivity contribution in [3.05, 3.63) is 60.2 Å². The zero-order valence-electron chi connectivity index (χ0n) is 19.6. The maximum Gasteiger partial charge on any atom is 0.338 e. The molecule has 1 aromatic rings. The highest BCUT2D eigenvalue weighted by Crippen LogP contribution is 2.24. The van der Waals surface area contributed by atoms with Gasteiger partial charge in [0.15, 0.2) is 0 Å². The van der Waals surface area contributed by atoms with Crippen LogP contribution in [-0.2, 0) is 33.3 Å². The van der Waals surface area contributed by atoms with Crippen molar-refractivity contribution < 1.29 is 38.1 Å². The summed E-state index contributed by atoms with van der Waals surface area (Å²) in [5.41, 5.74) is 10.9. The number of carbonyl (C=O) groups excluding carboxylic acids is 4. The topological polar surface area (TPSA) is 157 Å². The first-order valence-corrected chi connectivity index (χ1v) is 10.1. The minimum absolute atomic E-state index is 0.0724. The maximum atomic E-state index is 12.6. The lowest BCUT2D eigenvalue weighted by atomic mass is 9.92. The van der Waals surface area contributed by atoms with E-state index in [2.05, 4.69) is 19.7 Å². The molecule has 0 saturated carbocycles. The molecule has 0 atom stereocenters. The summed E-state index contributed by atoms with van der Waals surface area (Å²) < 4.78 is 21.1. The van der Waals surface area contributed by atoms with Crippen molar-refractivity contribution in [2.24, 2.45) is 5.41 Å². The van der Waals surface area contributed by atoms with Crippen molar-refractivity contribution in [3.8, 4) is 0 Å². The van der Waals surface area contributed by atoms with Gasteiger partial charge in [0.25, 0.3) is 0 Å². The molecule has 0 aliphatic carbocycles. The van der Waals surface area contributed by atoms with Crippen LogP contribution in [0.3, 0.4) is 0 Å². The Hall–Kier alpha value is -4.08. The van der Waals surface area contributed by atoms with Crippen LogP contribution in [0.5, 0.6) is 0 Å². The second-order valence-electron chi connectivity index (χ2n) is 8.03. The van der Waals surface area contributed by atoms with Gasteiger partial charge < -0.3 is 30.4 Å². The van der Waals surface area contributed by atoms with Crippen molar-refractivity contribution in [2.45, 2.75) is 20.8 Å². The molecule has 10 nitrogen and oxygen atoms in total. The van der Waals surface area contributed by atoms with Crippen LogP contribution in [0.1, 0.15) is 31.1 Å². The van der Waals surface area contributed by atoms with Crippen molar-refractivity contribution in [2.75, 3.05) is 37.9 Å². The first-order chi connectivity index (χ1) is 15.8. The number of nitrogens with two attached hydrogens (primary N) is 2. The van der Waals surface area contributed by atoms with Crippen LogP contribution < -0.4 is 11.5 Å². The first-order valence-electron chi connectivity index (χ1n) is 10.1. The molecule has 0 aliphatic rings. The van der Waals surface area contributed by atoms with Gasteiger partial charge in [-0.1, -0.05) is 19.7 Å². The Bertz CT molecular complexity index is 918. The maximum absolute atomic E-state index is 12.6. The number of carbonyl (C=O) groups is 4. The van der Waals surface area contributed by atoms with Gasteiger partial charge in [-0.3, -0.25) is 0 Å². The predicted molar refractivity (Wildman–Crippen MR) is 125 cm³/mol. The van der Waals surface area contributed by atoms with Gasteiger partial charge in [0.05, 0.1) is 5.56 Å². The molecular weight excluding hydrogens is 444 g/mol. The number of anilines is 2. The quantitative estimate of drug-likeness (QED) is 0.199. The Morgan fingerprint density at radius 3 is 1.32 bits per heavy atom. The molecule has 0 aliphatic heterocycles. The van der Waals surface area contributed by atoms with Gasteiger partial charge in [-0.2, -0.15) is 0 Å². The SMILES string of the molecule is C=C(C)C(=O)OCC(COC(=O)C(=C)C)(COC(=O)C(=C)C)COC(=O)c1cc(N)cc(N)c1. The van der Waals surface area contributed by atoms with Crippen molar-refractivity contribution in [3.63, 3.8) is 0 Å². The van der Waals surface area contributed by atoms with Crippen LogP contribution in [0.4, 0.5) is 11.4 Å². The Morgan fingerprint density at radius 1 is 0.676 bits per heavy atom. The molecule has 0 bridgehead atoms. The lowest BCUT2D eigenvalue weighted by Gasteiger charge is -2.31. The van der Waals surface area contributed by atoms with E-state index in [-0.39, 0.29) is 33.7 Å². The molecule has 1 aromatic carbocycles. The fourth-order valence-electron chi connectivity index (χ4n) is 2.37. The smallest absolute Gasteiger partial charge is 0.338 e. The van der Waals surface area contributed by atoms with Crippen molar-refractivity contribution >= 4 is 35.3 Å². The Balaban J connectivity index is 3.22. The summed E-state index contributed by atoms with van der Waals surface area (Å²) in [5, 5.41) is 0. The highest BCUT2D eigenvalue weighted by Gasteiger charge is 2.38. The second-order valence-corrected chi connectivity index (χ2v) is 8.03. The third-order valence-corrected chi connectivity index (χ3v) is 4.30. The number of nitrogen functional groups attached to an aromatic ring is 2. The van der Waals surface area contributed by atoms with E-state index >= 15 is 0 Å². The predicted octanol–water partition coefficient (Wildman–Crippen LogP) is 2.35. The molecule has 0 fully saturated rings. The lowest BCUT2D eigenvalue weighted by molar-refractivity contribution is -0.160. The Morgan fingerprint density at radius 2 is 1.00 bits per heavy atom. The normalized spacial score (nSPS) is 10.6. The summed E-state index contributed by atoms with van der Waals surface area (Å²) >= 11 is 0. The minimum Gasteiger partial charge on any atom is -0.461 e. The average Bonchev–Trinajstić information content (AvgIpc) is 2.76. The molecule has 0 unspecified atom stereocenters. The van der Waals surface area contributed by atoms with Crippen LogP contribution in [0, 0.1) is 5.41 Å². The van der Waals surface area contributed by atoms with Gasteiger partial charge in [-0.25, -0.2) is 19.2 Å². The largest absolute Gasteiger partial charge is 0.461 e. The highest BCUT2D eigenvalue weighted by atomic mass is 16.6. The van der Waals surface area contributed by atoms with Crippen LogP contribution in [-0.4, -0.2) is 50.3 Å². The van der Waals surface area contributed by atoms with Gasteiger partial charge >= 0.3 is 23.9 Å². The van der Waals surface area contributed by atoms with Gasteiger partial charge in [0, 0.05) is 28.1 Å². The number of esters is 4. The van der Waals surface area contributed by atoms with Gasteiger partial charge in [-0.05, 0) is 39.0 Å². The van der Waals surface area contributed by atoms with E-state index in [4.69, 9.17) is 30.4 Å². The number of rotatable bonds is 12. The van der Waals surface area contributed by atoms with E-state index < -0.39 is 55.7 Å². The Kier molecular flexibility index (Phi) is 10.1. The number of ether oxygens (including phenoxy) is 4. The monoisotopic (exact) mass is 474 g/mol. The Labute approximate surface area is 198 Å². The summed E-state index contributed by atoms with van der Waals surface area (Å²) in [5.74, 6) is -3.02. The molecule has 10 heteroatoms. The highest BCUT2D eigenvalue weighted by molar-refractivity contribution is 5.92. The standard InChI is InChI=1S/C24H30N2O8/c1-14(2)20(27)31-10-24(11-32-21(28)15(3)4,12-33-22(29)16(5)6)13-34-23(30)17-7-18(25)9-19(26)8-17/h7-9H,1,3,5,10-13,25-26H2,2,4,6H3. The fourth-order valence-corrected chi connectivity index (χ4v) is 2.37. The molecule has 0 saturated heterocycles. The third kappa shape index (κ3) is 8.81. The summed E-state index contributed by atoms with van der Waals surface area (Å²) in [7, 11) is 0. The fraction of sp³-hybridized carbons (Fsp3) is 0.333. The van der Waals surface area contributed by atoms with E-state index in [1.807, 2.05) is 0 Å². The number of hydrogen-bond donors (Lipinski definition) is 2. The van der Waals surface area contributed by atoms with Crippen molar-refractivity contribution in [1.82, 2.24) is 0 Å². The van der Waals surface area contributed by atoms with E-state index in [1.54, 1.807) is 0 Å². The van der Waals surface area contributed by atoms with Crippen LogP contribution >= 0.6 is 0 Å². The summed E-state index contributed by atoms with van der Waals surface area (Å²) in [6, 6.07) is 4.19. The molecule has 34 heavy (non-hydrogen) atoms. The molecule has 0 aromatic heterocycles. The molecule has 184 valence electrons. The third-order valence-electron chi connectivity index (χ3n) is 4.30. The van der Waals surface area contributed by atoms with E-state index in [0.717, 1.165) is 0 Å². The zero-order valence-corrected chi connectivity index (χ0v) is 19.6. The summed E-state index contributed by atoms with van der Waals surface area (Å²) in [4.78, 5) is 48.7. The molecule has 0 amide bonds. The molecular formula is C24H30N2O8. The van der Waals surface area contributed by atoms with E-state index in [0.29, 0.717) is 0 Å². The van der Waals surface area contributed by atoms with Crippen LogP contribution in [0.15, 0.2) is 54.7 Å². The van der Waals surface area contributed by atoms with Crippen LogP contribution in [0.25, 0.3) is 0 Å².